The van der Waals surface area contributed by atoms with Gasteiger partial charge in [0.2, 0.25) is 5.91 Å². The van der Waals surface area contributed by atoms with Crippen LogP contribution in [0, 0.1) is 0 Å². The fourth-order valence-corrected chi connectivity index (χ4v) is 2.74. The number of benzene rings is 1. The van der Waals surface area contributed by atoms with E-state index in [1.54, 1.807) is 0 Å². The summed E-state index contributed by atoms with van der Waals surface area (Å²) in [5.41, 5.74) is 2.41. The summed E-state index contributed by atoms with van der Waals surface area (Å²) in [5, 5.41) is 3.31. The van der Waals surface area contributed by atoms with Crippen LogP contribution >= 0.6 is 24.8 Å². The zero-order chi connectivity index (χ0) is 12.4. The molecule has 20 heavy (non-hydrogen) atoms. The number of nitrogens with zero attached hydrogens (tertiary/aromatic N) is 2. The summed E-state index contributed by atoms with van der Waals surface area (Å²) >= 11 is 0. The second-order valence-electron chi connectivity index (χ2n) is 4.95. The summed E-state index contributed by atoms with van der Waals surface area (Å²) in [4.78, 5) is 16.5. The summed E-state index contributed by atoms with van der Waals surface area (Å²) in [6, 6.07) is 8.23. The second-order valence-corrected chi connectivity index (χ2v) is 4.95. The Labute approximate surface area is 132 Å². The van der Waals surface area contributed by atoms with Crippen LogP contribution in [0.2, 0.25) is 0 Å². The van der Waals surface area contributed by atoms with Crippen molar-refractivity contribution in [1.29, 1.82) is 0 Å². The van der Waals surface area contributed by atoms with Crippen LogP contribution in [-0.2, 0) is 11.2 Å². The lowest BCUT2D eigenvalue weighted by atomic mass is 10.2. The number of piperazine rings is 1. The average molecular weight is 318 g/mol. The predicted molar refractivity (Wildman–Crippen MR) is 86.3 cm³/mol. The minimum atomic E-state index is 0. The molecule has 1 N–H and O–H groups in total. The van der Waals surface area contributed by atoms with E-state index in [2.05, 4.69) is 22.3 Å². The van der Waals surface area contributed by atoms with Gasteiger partial charge in [-0.1, -0.05) is 18.2 Å². The molecule has 2 aliphatic heterocycles. The molecule has 2 aliphatic rings. The van der Waals surface area contributed by atoms with Crippen LogP contribution < -0.4 is 10.2 Å². The van der Waals surface area contributed by atoms with Crippen LogP contribution in [0.15, 0.2) is 24.3 Å². The lowest BCUT2D eigenvalue weighted by molar-refractivity contribution is -0.119. The molecule has 1 saturated heterocycles. The zero-order valence-corrected chi connectivity index (χ0v) is 13.0. The van der Waals surface area contributed by atoms with Gasteiger partial charge in [-0.25, -0.2) is 0 Å². The SMILES string of the molecule is Cl.Cl.O=C(CN1CCNCC1)N1CCc2ccccc21. The maximum atomic E-state index is 12.3. The van der Waals surface area contributed by atoms with Crippen molar-refractivity contribution in [3.63, 3.8) is 0 Å². The number of amides is 1. The fraction of sp³-hybridized carbons (Fsp3) is 0.500. The number of carbonyl (C=O) groups excluding carboxylic acids is 1. The monoisotopic (exact) mass is 317 g/mol. The number of nitrogens with one attached hydrogen (secondary N) is 1. The Morgan fingerprint density at radius 2 is 1.80 bits per heavy atom. The van der Waals surface area contributed by atoms with Gasteiger partial charge in [0.15, 0.2) is 0 Å². The Hall–Kier alpha value is -0.810. The number of para-hydroxylation sites is 1. The van der Waals surface area contributed by atoms with E-state index in [9.17, 15) is 4.79 Å². The third-order valence-electron chi connectivity index (χ3n) is 3.76. The van der Waals surface area contributed by atoms with Crippen LogP contribution in [0.3, 0.4) is 0 Å². The highest BCUT2D eigenvalue weighted by Gasteiger charge is 2.25. The number of fused-ring (bicyclic) bond motifs is 1. The molecule has 1 amide bonds. The number of rotatable bonds is 2. The molecule has 0 bridgehead atoms. The number of halogens is 2. The molecule has 6 heteroatoms. The predicted octanol–water partition coefficient (Wildman–Crippen LogP) is 1.32. The van der Waals surface area contributed by atoms with Crippen LogP contribution in [0.5, 0.6) is 0 Å². The summed E-state index contributed by atoms with van der Waals surface area (Å²) in [7, 11) is 0. The molecule has 0 saturated carbocycles. The number of hydrogen-bond acceptors (Lipinski definition) is 3. The van der Waals surface area contributed by atoms with Crippen molar-refractivity contribution in [3.8, 4) is 0 Å². The van der Waals surface area contributed by atoms with Gasteiger partial charge in [-0.3, -0.25) is 9.69 Å². The molecule has 2 heterocycles. The van der Waals surface area contributed by atoms with E-state index in [0.717, 1.165) is 44.8 Å². The first-order valence-corrected chi connectivity index (χ1v) is 6.66. The topological polar surface area (TPSA) is 35.6 Å². The molecule has 0 spiro atoms. The van der Waals surface area contributed by atoms with Crippen molar-refractivity contribution in [1.82, 2.24) is 10.2 Å². The first kappa shape index (κ1) is 17.2. The quantitative estimate of drug-likeness (QED) is 0.893. The number of anilines is 1. The molecule has 0 atom stereocenters. The zero-order valence-electron chi connectivity index (χ0n) is 11.4. The second kappa shape index (κ2) is 7.84. The van der Waals surface area contributed by atoms with Crippen molar-refractivity contribution in [2.75, 3.05) is 44.2 Å². The number of carbonyl (C=O) groups is 1. The molecule has 4 nitrogen and oxygen atoms in total. The highest BCUT2D eigenvalue weighted by molar-refractivity contribution is 5.96. The minimum absolute atomic E-state index is 0. The van der Waals surface area contributed by atoms with E-state index in [-0.39, 0.29) is 30.7 Å². The third kappa shape index (κ3) is 3.64. The van der Waals surface area contributed by atoms with E-state index in [1.807, 2.05) is 17.0 Å². The van der Waals surface area contributed by atoms with E-state index >= 15 is 0 Å². The first-order valence-electron chi connectivity index (χ1n) is 6.66. The summed E-state index contributed by atoms with van der Waals surface area (Å²) in [6.07, 6.45) is 0.990. The average Bonchev–Trinajstić information content (AvgIpc) is 2.84. The molecule has 0 radical (unpaired) electrons. The molecule has 3 rings (SSSR count). The van der Waals surface area contributed by atoms with Gasteiger partial charge in [-0.05, 0) is 18.1 Å². The highest BCUT2D eigenvalue weighted by atomic mass is 35.5. The largest absolute Gasteiger partial charge is 0.314 e. The van der Waals surface area contributed by atoms with Gasteiger partial charge in [-0.15, -0.1) is 24.8 Å². The minimum Gasteiger partial charge on any atom is -0.314 e. The molecule has 1 aromatic rings. The normalized spacial score (nSPS) is 17.9. The van der Waals surface area contributed by atoms with Crippen LogP contribution in [0.25, 0.3) is 0 Å². The maximum Gasteiger partial charge on any atom is 0.241 e. The van der Waals surface area contributed by atoms with Gasteiger partial charge in [0, 0.05) is 38.4 Å². The Morgan fingerprint density at radius 1 is 1.10 bits per heavy atom. The summed E-state index contributed by atoms with van der Waals surface area (Å²) < 4.78 is 0. The third-order valence-corrected chi connectivity index (χ3v) is 3.76. The van der Waals surface area contributed by atoms with E-state index in [1.165, 1.54) is 5.56 Å². The standard InChI is InChI=1S/C14H19N3O.2ClH/c18-14(11-16-9-6-15-7-10-16)17-8-5-12-3-1-2-4-13(12)17;;/h1-4,15H,5-11H2;2*1H. The molecule has 0 unspecified atom stereocenters. The van der Waals surface area contributed by atoms with Crippen molar-refractivity contribution in [2.45, 2.75) is 6.42 Å². The van der Waals surface area contributed by atoms with Gasteiger partial charge in [0.1, 0.15) is 0 Å². The van der Waals surface area contributed by atoms with Gasteiger partial charge >= 0.3 is 0 Å². The lowest BCUT2D eigenvalue weighted by Gasteiger charge is -2.28. The smallest absolute Gasteiger partial charge is 0.241 e. The summed E-state index contributed by atoms with van der Waals surface area (Å²) in [6.45, 7) is 5.32. The van der Waals surface area contributed by atoms with E-state index in [0.29, 0.717) is 6.54 Å². The lowest BCUT2D eigenvalue weighted by Crippen LogP contribution is -2.48. The van der Waals surface area contributed by atoms with Crippen LogP contribution in [-0.4, -0.2) is 50.1 Å². The molecule has 0 aliphatic carbocycles. The Bertz CT molecular complexity index is 450. The van der Waals surface area contributed by atoms with Gasteiger partial charge in [0.05, 0.1) is 6.54 Å². The van der Waals surface area contributed by atoms with E-state index in [4.69, 9.17) is 0 Å². The van der Waals surface area contributed by atoms with Crippen molar-refractivity contribution >= 4 is 36.4 Å². The highest BCUT2D eigenvalue weighted by Crippen LogP contribution is 2.27. The van der Waals surface area contributed by atoms with Crippen LogP contribution in [0.4, 0.5) is 5.69 Å². The van der Waals surface area contributed by atoms with Gasteiger partial charge < -0.3 is 10.2 Å². The van der Waals surface area contributed by atoms with Crippen molar-refractivity contribution in [2.24, 2.45) is 0 Å². The maximum absolute atomic E-state index is 12.3. The van der Waals surface area contributed by atoms with Crippen molar-refractivity contribution in [3.05, 3.63) is 29.8 Å². The molecule has 1 aromatic carbocycles. The Kier molecular flexibility index (Phi) is 6.76. The molecule has 1 fully saturated rings. The number of hydrogen-bond donors (Lipinski definition) is 1. The summed E-state index contributed by atoms with van der Waals surface area (Å²) in [5.74, 6) is 0.238. The van der Waals surface area contributed by atoms with Gasteiger partial charge in [-0.2, -0.15) is 0 Å². The van der Waals surface area contributed by atoms with Gasteiger partial charge in [0.25, 0.3) is 0 Å². The molecule has 112 valence electrons. The molecular weight excluding hydrogens is 297 g/mol. The van der Waals surface area contributed by atoms with Crippen LogP contribution in [0.1, 0.15) is 5.56 Å². The Morgan fingerprint density at radius 3 is 2.55 bits per heavy atom. The molecule has 0 aromatic heterocycles. The van der Waals surface area contributed by atoms with E-state index < -0.39 is 0 Å². The van der Waals surface area contributed by atoms with Crippen molar-refractivity contribution < 1.29 is 4.79 Å². The Balaban J connectivity index is 0.000001000. The fourth-order valence-electron chi connectivity index (χ4n) is 2.74. The molecular formula is C14H21Cl2N3O. The first-order chi connectivity index (χ1) is 8.84.